The lowest BCUT2D eigenvalue weighted by Crippen LogP contribution is -1.97. The molecule has 0 amide bonds. The molecule has 0 radical (unpaired) electrons. The molecule has 0 atom stereocenters. The fourth-order valence-corrected chi connectivity index (χ4v) is 4.04. The number of rotatable bonds is 5. The van der Waals surface area contributed by atoms with Gasteiger partial charge in [0.1, 0.15) is 0 Å². The molecule has 4 aromatic carbocycles. The number of aromatic nitrogens is 3. The maximum atomic E-state index is 5.47. The van der Waals surface area contributed by atoms with Crippen LogP contribution in [0.25, 0.3) is 32.9 Å². The van der Waals surface area contributed by atoms with Gasteiger partial charge in [-0.1, -0.05) is 48.5 Å². The average molecular weight is 441 g/mol. The molecule has 0 aliphatic heterocycles. The van der Waals surface area contributed by atoms with E-state index < -0.39 is 0 Å². The van der Waals surface area contributed by atoms with Crippen LogP contribution in [0.3, 0.4) is 0 Å². The van der Waals surface area contributed by atoms with Crippen LogP contribution in [0.4, 0.5) is 0 Å². The van der Waals surface area contributed by atoms with E-state index in [1.807, 2.05) is 48.7 Å². The molecule has 0 fully saturated rings. The standard InChI is InChI=1S/C25H20N4O2S/c1-30-22-12-11-18(14-23(22)31-2)24-27-28-25(32)29(24)26-15-21-19-9-5-3-7-16(19)13-17-8-4-6-10-20(17)21/h3-15H,1-2H3,(H,28,32)/b26-15+. The van der Waals surface area contributed by atoms with Crippen LogP contribution in [0.1, 0.15) is 5.56 Å². The second kappa shape index (κ2) is 8.28. The molecule has 1 aromatic heterocycles. The van der Waals surface area contributed by atoms with Gasteiger partial charge in [-0.25, -0.2) is 5.10 Å². The Hall–Kier alpha value is -3.97. The predicted octanol–water partition coefficient (Wildman–Crippen LogP) is 5.81. The fraction of sp³-hybridized carbons (Fsp3) is 0.0800. The summed E-state index contributed by atoms with van der Waals surface area (Å²) in [6.45, 7) is 0. The average Bonchev–Trinajstić information content (AvgIpc) is 3.21. The number of nitrogens with one attached hydrogen (secondary N) is 1. The van der Waals surface area contributed by atoms with Crippen LogP contribution < -0.4 is 9.47 Å². The minimum absolute atomic E-state index is 0.399. The van der Waals surface area contributed by atoms with Gasteiger partial charge in [-0.15, -0.1) is 0 Å². The molecule has 32 heavy (non-hydrogen) atoms. The highest BCUT2D eigenvalue weighted by molar-refractivity contribution is 7.71. The second-order valence-corrected chi connectivity index (χ2v) is 7.60. The minimum Gasteiger partial charge on any atom is -0.493 e. The van der Waals surface area contributed by atoms with Gasteiger partial charge in [-0.3, -0.25) is 0 Å². The first-order chi connectivity index (χ1) is 15.7. The zero-order valence-corrected chi connectivity index (χ0v) is 18.4. The molecule has 6 nitrogen and oxygen atoms in total. The number of hydrogen-bond acceptors (Lipinski definition) is 5. The third kappa shape index (κ3) is 3.42. The van der Waals surface area contributed by atoms with Crippen molar-refractivity contribution in [2.75, 3.05) is 14.2 Å². The molecule has 0 bridgehead atoms. The number of methoxy groups -OCH3 is 2. The Kier molecular flexibility index (Phi) is 5.17. The predicted molar refractivity (Wildman–Crippen MR) is 130 cm³/mol. The van der Waals surface area contributed by atoms with Gasteiger partial charge < -0.3 is 9.47 Å². The van der Waals surface area contributed by atoms with Crippen molar-refractivity contribution in [1.82, 2.24) is 14.9 Å². The Morgan fingerprint density at radius 3 is 2.19 bits per heavy atom. The Morgan fingerprint density at radius 1 is 0.875 bits per heavy atom. The van der Waals surface area contributed by atoms with Gasteiger partial charge in [-0.2, -0.15) is 14.9 Å². The fourth-order valence-electron chi connectivity index (χ4n) is 3.86. The van der Waals surface area contributed by atoms with Crippen LogP contribution in [-0.4, -0.2) is 35.3 Å². The first kappa shape index (κ1) is 20.0. The van der Waals surface area contributed by atoms with Crippen LogP contribution in [0.2, 0.25) is 0 Å². The zero-order valence-electron chi connectivity index (χ0n) is 17.6. The number of H-pyrrole nitrogens is 1. The largest absolute Gasteiger partial charge is 0.493 e. The van der Waals surface area contributed by atoms with E-state index in [2.05, 4.69) is 40.5 Å². The highest BCUT2D eigenvalue weighted by Crippen LogP contribution is 2.32. The molecule has 0 saturated carbocycles. The van der Waals surface area contributed by atoms with Crippen molar-refractivity contribution in [2.45, 2.75) is 0 Å². The smallest absolute Gasteiger partial charge is 0.216 e. The molecular weight excluding hydrogens is 420 g/mol. The normalized spacial score (nSPS) is 11.4. The van der Waals surface area contributed by atoms with E-state index in [0.29, 0.717) is 22.1 Å². The first-order valence-electron chi connectivity index (χ1n) is 10.0. The summed E-state index contributed by atoms with van der Waals surface area (Å²) in [4.78, 5) is 0. The molecular formula is C25H20N4O2S. The molecule has 1 N–H and O–H groups in total. The monoisotopic (exact) mass is 440 g/mol. The molecule has 0 unspecified atom stereocenters. The Balaban J connectivity index is 1.67. The van der Waals surface area contributed by atoms with Crippen LogP contribution in [0.5, 0.6) is 11.5 Å². The number of benzene rings is 4. The van der Waals surface area contributed by atoms with Crippen molar-refractivity contribution in [3.63, 3.8) is 0 Å². The molecule has 5 rings (SSSR count). The number of hydrogen-bond donors (Lipinski definition) is 1. The third-order valence-corrected chi connectivity index (χ3v) is 5.67. The van der Waals surface area contributed by atoms with E-state index in [-0.39, 0.29) is 0 Å². The minimum atomic E-state index is 0.399. The molecule has 0 saturated heterocycles. The quantitative estimate of drug-likeness (QED) is 0.213. The molecule has 0 aliphatic rings. The van der Waals surface area contributed by atoms with Gasteiger partial charge in [0.2, 0.25) is 4.77 Å². The lowest BCUT2D eigenvalue weighted by atomic mass is 9.97. The molecule has 0 aliphatic carbocycles. The SMILES string of the molecule is COc1ccc(-c2n[nH]c(=S)n2/N=C/c2c3ccccc3cc3ccccc23)cc1OC. The summed E-state index contributed by atoms with van der Waals surface area (Å²) >= 11 is 5.47. The van der Waals surface area contributed by atoms with Gasteiger partial charge in [-0.05, 0) is 58.0 Å². The first-order valence-corrected chi connectivity index (χ1v) is 10.4. The van der Waals surface area contributed by atoms with E-state index in [4.69, 9.17) is 26.8 Å². The molecule has 5 aromatic rings. The van der Waals surface area contributed by atoms with Crippen LogP contribution in [0, 0.1) is 4.77 Å². The van der Waals surface area contributed by atoms with Crippen LogP contribution in [-0.2, 0) is 0 Å². The van der Waals surface area contributed by atoms with E-state index in [0.717, 1.165) is 32.7 Å². The number of aromatic amines is 1. The van der Waals surface area contributed by atoms with E-state index >= 15 is 0 Å². The molecule has 0 spiro atoms. The van der Waals surface area contributed by atoms with Gasteiger partial charge in [0.25, 0.3) is 0 Å². The van der Waals surface area contributed by atoms with Crippen molar-refractivity contribution in [2.24, 2.45) is 5.10 Å². The van der Waals surface area contributed by atoms with Crippen molar-refractivity contribution in [3.05, 3.63) is 83.1 Å². The van der Waals surface area contributed by atoms with Crippen molar-refractivity contribution >= 4 is 40.0 Å². The van der Waals surface area contributed by atoms with Crippen LogP contribution in [0.15, 0.2) is 77.9 Å². The van der Waals surface area contributed by atoms with Crippen LogP contribution >= 0.6 is 12.2 Å². The second-order valence-electron chi connectivity index (χ2n) is 7.21. The van der Waals surface area contributed by atoms with Crippen molar-refractivity contribution in [3.8, 4) is 22.9 Å². The number of ether oxygens (including phenoxy) is 2. The highest BCUT2D eigenvalue weighted by Gasteiger charge is 2.13. The van der Waals surface area contributed by atoms with Gasteiger partial charge in [0, 0.05) is 11.1 Å². The van der Waals surface area contributed by atoms with Crippen molar-refractivity contribution in [1.29, 1.82) is 0 Å². The topological polar surface area (TPSA) is 64.4 Å². The summed E-state index contributed by atoms with van der Waals surface area (Å²) < 4.78 is 12.8. The van der Waals surface area contributed by atoms with E-state index in [1.54, 1.807) is 18.9 Å². The number of fused-ring (bicyclic) bond motifs is 2. The Bertz CT molecular complexity index is 1480. The summed E-state index contributed by atoms with van der Waals surface area (Å²) in [7, 11) is 3.20. The van der Waals surface area contributed by atoms with Gasteiger partial charge in [0.05, 0.1) is 20.4 Å². The molecule has 158 valence electrons. The molecule has 7 heteroatoms. The lowest BCUT2D eigenvalue weighted by Gasteiger charge is -2.09. The Morgan fingerprint density at radius 2 is 1.53 bits per heavy atom. The summed E-state index contributed by atoms with van der Waals surface area (Å²) in [5.41, 5.74) is 1.83. The van der Waals surface area contributed by atoms with Crippen molar-refractivity contribution < 1.29 is 9.47 Å². The van der Waals surface area contributed by atoms with E-state index in [1.165, 1.54) is 0 Å². The highest BCUT2D eigenvalue weighted by atomic mass is 32.1. The maximum Gasteiger partial charge on any atom is 0.216 e. The number of nitrogens with zero attached hydrogens (tertiary/aromatic N) is 3. The summed E-state index contributed by atoms with van der Waals surface area (Å²) in [6, 6.07) is 24.3. The Labute approximate surface area is 189 Å². The summed E-state index contributed by atoms with van der Waals surface area (Å²) in [5, 5.41) is 16.5. The molecule has 1 heterocycles. The lowest BCUT2D eigenvalue weighted by molar-refractivity contribution is 0.355. The maximum absolute atomic E-state index is 5.47. The van der Waals surface area contributed by atoms with Gasteiger partial charge >= 0.3 is 0 Å². The van der Waals surface area contributed by atoms with Gasteiger partial charge in [0.15, 0.2) is 17.3 Å². The van der Waals surface area contributed by atoms with E-state index in [9.17, 15) is 0 Å². The zero-order chi connectivity index (χ0) is 22.1. The summed E-state index contributed by atoms with van der Waals surface area (Å²) in [5.74, 6) is 1.83. The summed E-state index contributed by atoms with van der Waals surface area (Å²) in [6.07, 6.45) is 1.85. The third-order valence-electron chi connectivity index (χ3n) is 5.41.